The SMILES string of the molecule is [2H]C([2H])([2H])N1ON(c2cccc(Sc3ccc4c5ccccc5n(-c5cc(-c6c(C)cccc6C)ccn5)c4c3)c2)c2ccccc21. The molecule has 0 spiro atoms. The molecule has 3 heterocycles. The highest BCUT2D eigenvalue weighted by Gasteiger charge is 2.26. The third-order valence-corrected chi connectivity index (χ3v) is 9.14. The van der Waals surface area contributed by atoms with Gasteiger partial charge in [0.2, 0.25) is 0 Å². The molecule has 7 aromatic rings. The first-order valence-corrected chi connectivity index (χ1v) is 15.3. The molecule has 2 aromatic heterocycles. The molecule has 0 saturated heterocycles. The number of fused-ring (bicyclic) bond motifs is 4. The third-order valence-electron chi connectivity index (χ3n) is 8.16. The molecule has 0 atom stereocenters. The van der Waals surface area contributed by atoms with Crippen molar-refractivity contribution in [1.29, 1.82) is 0 Å². The number of hydrogen-bond donors (Lipinski definition) is 0. The molecule has 0 fully saturated rings. The number of aryl methyl sites for hydroxylation is 2. The van der Waals surface area contributed by atoms with Crippen LogP contribution in [0.4, 0.5) is 17.1 Å². The summed E-state index contributed by atoms with van der Waals surface area (Å²) in [6.45, 7) is 1.86. The van der Waals surface area contributed by atoms with Crippen molar-refractivity contribution >= 4 is 50.6 Å². The number of pyridine rings is 1. The van der Waals surface area contributed by atoms with Gasteiger partial charge in [-0.1, -0.05) is 72.4 Å². The largest absolute Gasteiger partial charge is 0.294 e. The Kier molecular flexibility index (Phi) is 5.64. The number of hydrogen-bond acceptors (Lipinski definition) is 5. The van der Waals surface area contributed by atoms with E-state index in [-0.39, 0.29) is 0 Å². The number of anilines is 3. The van der Waals surface area contributed by atoms with Crippen molar-refractivity contribution in [1.82, 2.24) is 9.55 Å². The van der Waals surface area contributed by atoms with E-state index < -0.39 is 6.98 Å². The summed E-state index contributed by atoms with van der Waals surface area (Å²) in [7, 11) is 0. The lowest BCUT2D eigenvalue weighted by Crippen LogP contribution is -2.20. The fraction of sp³-hybridized carbons (Fsp3) is 0.0789. The fourth-order valence-corrected chi connectivity index (χ4v) is 7.10. The fourth-order valence-electron chi connectivity index (χ4n) is 6.20. The molecule has 0 amide bonds. The summed E-state index contributed by atoms with van der Waals surface area (Å²) in [5.74, 6) is 0.865. The second-order valence-electron chi connectivity index (χ2n) is 11.0. The Hall–Kier alpha value is -5.04. The molecule has 0 N–H and O–H groups in total. The van der Waals surface area contributed by atoms with E-state index in [4.69, 9.17) is 14.0 Å². The topological polar surface area (TPSA) is 33.5 Å². The minimum atomic E-state index is -2.45. The summed E-state index contributed by atoms with van der Waals surface area (Å²) >= 11 is 1.64. The van der Waals surface area contributed by atoms with Crippen molar-refractivity contribution in [2.75, 3.05) is 17.1 Å². The van der Waals surface area contributed by atoms with Crippen LogP contribution in [0.3, 0.4) is 0 Å². The molecule has 5 nitrogen and oxygen atoms in total. The Morgan fingerprint density at radius 3 is 2.30 bits per heavy atom. The normalized spacial score (nSPS) is 14.1. The van der Waals surface area contributed by atoms with Crippen molar-refractivity contribution in [2.45, 2.75) is 23.6 Å². The monoisotopic (exact) mass is 593 g/mol. The van der Waals surface area contributed by atoms with Gasteiger partial charge < -0.3 is 0 Å². The van der Waals surface area contributed by atoms with Gasteiger partial charge in [0.1, 0.15) is 5.82 Å². The highest BCUT2D eigenvalue weighted by molar-refractivity contribution is 7.99. The van der Waals surface area contributed by atoms with Gasteiger partial charge in [0.05, 0.1) is 28.1 Å². The number of nitrogens with zero attached hydrogens (tertiary/aromatic N) is 4. The quantitative estimate of drug-likeness (QED) is 0.198. The van der Waals surface area contributed by atoms with Gasteiger partial charge in [-0.25, -0.2) is 10.0 Å². The van der Waals surface area contributed by atoms with Crippen molar-refractivity contribution in [3.8, 4) is 16.9 Å². The number of benzene rings is 5. The molecule has 44 heavy (non-hydrogen) atoms. The van der Waals surface area contributed by atoms with Crippen molar-refractivity contribution in [3.05, 3.63) is 139 Å². The van der Waals surface area contributed by atoms with Crippen LogP contribution in [0.15, 0.2) is 137 Å². The van der Waals surface area contributed by atoms with E-state index in [9.17, 15) is 0 Å². The molecule has 0 bridgehead atoms. The van der Waals surface area contributed by atoms with E-state index in [2.05, 4.69) is 91.2 Å². The average molecular weight is 594 g/mol. The third kappa shape index (κ3) is 4.42. The Bertz CT molecular complexity index is 2300. The van der Waals surface area contributed by atoms with Gasteiger partial charge in [0.25, 0.3) is 0 Å². The first kappa shape index (κ1) is 23.4. The summed E-state index contributed by atoms with van der Waals surface area (Å²) in [6.07, 6.45) is 1.90. The maximum atomic E-state index is 7.96. The molecule has 0 unspecified atom stereocenters. The highest BCUT2D eigenvalue weighted by atomic mass is 32.2. The second-order valence-corrected chi connectivity index (χ2v) is 12.1. The summed E-state index contributed by atoms with van der Waals surface area (Å²) < 4.78 is 26.1. The molecule has 0 saturated carbocycles. The smallest absolute Gasteiger partial charge is 0.138 e. The highest BCUT2D eigenvalue weighted by Crippen LogP contribution is 2.42. The molecule has 0 aliphatic carbocycles. The predicted molar refractivity (Wildman–Crippen MR) is 182 cm³/mol. The van der Waals surface area contributed by atoms with Gasteiger partial charge in [-0.15, -0.1) is 4.94 Å². The van der Waals surface area contributed by atoms with Crippen LogP contribution < -0.4 is 10.1 Å². The summed E-state index contributed by atoms with van der Waals surface area (Å²) in [5, 5.41) is 4.88. The standard InChI is InChI=1S/C38H30N4OS/c1-25-10-8-11-26(2)38(25)27-20-21-39-37(22-27)41-33-15-5-4-14-31(33)32-19-18-30(24-36(32)41)44-29-13-9-12-28(23-29)42-35-17-7-6-16-34(35)40(3)43-42/h4-24H,1-3H3/i3D3. The minimum absolute atomic E-state index is 0.499. The number of hydroxylamine groups is 1. The lowest BCUT2D eigenvalue weighted by Gasteiger charge is -2.18. The Labute approximate surface area is 265 Å². The van der Waals surface area contributed by atoms with Gasteiger partial charge in [-0.3, -0.25) is 4.57 Å². The van der Waals surface area contributed by atoms with E-state index in [0.717, 1.165) is 48.3 Å². The molecule has 214 valence electrons. The maximum Gasteiger partial charge on any atom is 0.138 e. The minimum Gasteiger partial charge on any atom is -0.294 e. The number of rotatable bonds is 5. The molecule has 1 aliphatic heterocycles. The molecular formula is C38H30N4OS. The predicted octanol–water partition coefficient (Wildman–Crippen LogP) is 10.0. The zero-order valence-corrected chi connectivity index (χ0v) is 25.0. The zero-order chi connectivity index (χ0) is 32.3. The Balaban J connectivity index is 1.19. The van der Waals surface area contributed by atoms with Crippen LogP contribution in [0.1, 0.15) is 15.2 Å². The number of aromatic nitrogens is 2. The van der Waals surface area contributed by atoms with E-state index in [1.54, 1.807) is 22.9 Å². The van der Waals surface area contributed by atoms with Gasteiger partial charge in [-0.05, 0) is 96.8 Å². The lowest BCUT2D eigenvalue weighted by molar-refractivity contribution is 0.142. The van der Waals surface area contributed by atoms with Crippen molar-refractivity contribution in [2.24, 2.45) is 0 Å². The average Bonchev–Trinajstić information content (AvgIpc) is 3.62. The lowest BCUT2D eigenvalue weighted by atomic mass is 9.96. The first-order chi connectivity index (χ1) is 22.8. The Morgan fingerprint density at radius 1 is 0.682 bits per heavy atom. The van der Waals surface area contributed by atoms with E-state index in [1.807, 2.05) is 48.7 Å². The first-order valence-electron chi connectivity index (χ1n) is 16.0. The van der Waals surface area contributed by atoms with Crippen LogP contribution in [0, 0.1) is 13.8 Å². The van der Waals surface area contributed by atoms with Crippen LogP contribution in [0.2, 0.25) is 0 Å². The van der Waals surface area contributed by atoms with Gasteiger partial charge in [0, 0.05) is 37.8 Å². The second kappa shape index (κ2) is 10.6. The van der Waals surface area contributed by atoms with E-state index in [0.29, 0.717) is 11.4 Å². The van der Waals surface area contributed by atoms with Crippen LogP contribution >= 0.6 is 11.8 Å². The molecule has 5 aromatic carbocycles. The van der Waals surface area contributed by atoms with Crippen LogP contribution in [-0.2, 0) is 4.94 Å². The number of para-hydroxylation sites is 3. The van der Waals surface area contributed by atoms with Crippen molar-refractivity contribution < 1.29 is 9.05 Å². The van der Waals surface area contributed by atoms with Crippen LogP contribution in [0.25, 0.3) is 38.8 Å². The maximum absolute atomic E-state index is 7.96. The van der Waals surface area contributed by atoms with Gasteiger partial charge in [-0.2, -0.15) is 5.06 Å². The van der Waals surface area contributed by atoms with Crippen LogP contribution in [0.5, 0.6) is 0 Å². The molecule has 6 heteroatoms. The zero-order valence-electron chi connectivity index (χ0n) is 27.2. The molecule has 1 aliphatic rings. The Morgan fingerprint density at radius 2 is 1.43 bits per heavy atom. The van der Waals surface area contributed by atoms with E-state index in [1.165, 1.54) is 22.1 Å². The van der Waals surface area contributed by atoms with Crippen LogP contribution in [-0.4, -0.2) is 16.5 Å². The summed E-state index contributed by atoms with van der Waals surface area (Å²) in [6, 6.07) is 40.9. The van der Waals surface area contributed by atoms with Gasteiger partial charge >= 0.3 is 0 Å². The van der Waals surface area contributed by atoms with Crippen molar-refractivity contribution in [3.63, 3.8) is 0 Å². The molecular weight excluding hydrogens is 561 g/mol. The van der Waals surface area contributed by atoms with E-state index >= 15 is 0 Å². The summed E-state index contributed by atoms with van der Waals surface area (Å²) in [5.41, 5.74) is 8.92. The molecule has 0 radical (unpaired) electrons. The van der Waals surface area contributed by atoms with Gasteiger partial charge in [0.15, 0.2) is 0 Å². The molecule has 8 rings (SSSR count). The summed E-state index contributed by atoms with van der Waals surface area (Å²) in [4.78, 5) is 12.8.